The maximum absolute atomic E-state index is 13.8. The SMILES string of the molecule is O=C(OC(C(F)(F)F)C(F)(F)S(=O)(=O)O)C1CC2C3CCCC3C1C1CCCC21. The van der Waals surface area contributed by atoms with Gasteiger partial charge in [0.1, 0.15) is 0 Å². The summed E-state index contributed by atoms with van der Waals surface area (Å²) in [5.41, 5.74) is 0. The van der Waals surface area contributed by atoms with Crippen molar-refractivity contribution in [2.75, 3.05) is 0 Å². The van der Waals surface area contributed by atoms with Crippen LogP contribution in [0, 0.1) is 41.4 Å². The van der Waals surface area contributed by atoms with Gasteiger partial charge in [-0.1, -0.05) is 12.8 Å². The minimum absolute atomic E-state index is 0.170. The number of hydrogen-bond donors (Lipinski definition) is 1. The lowest BCUT2D eigenvalue weighted by atomic mass is 9.48. The van der Waals surface area contributed by atoms with E-state index in [0.717, 1.165) is 38.5 Å². The van der Waals surface area contributed by atoms with E-state index in [-0.39, 0.29) is 23.7 Å². The van der Waals surface area contributed by atoms with Crippen LogP contribution >= 0.6 is 0 Å². The number of esters is 1. The van der Waals surface area contributed by atoms with Crippen molar-refractivity contribution in [1.82, 2.24) is 0 Å². The van der Waals surface area contributed by atoms with Crippen LogP contribution in [-0.4, -0.2) is 36.5 Å². The Kier molecular flexibility index (Phi) is 4.96. The van der Waals surface area contributed by atoms with E-state index in [1.54, 1.807) is 0 Å². The Morgan fingerprint density at radius 1 is 0.897 bits per heavy atom. The molecule has 5 rings (SSSR count). The maximum Gasteiger partial charge on any atom is 0.432 e. The van der Waals surface area contributed by atoms with Crippen LogP contribution in [0.3, 0.4) is 0 Å². The number of rotatable bonds is 4. The molecule has 0 aromatic heterocycles. The molecule has 6 atom stereocenters. The number of fused-ring (bicyclic) bond motifs is 1. The number of halogens is 5. The highest BCUT2D eigenvalue weighted by atomic mass is 32.2. The van der Waals surface area contributed by atoms with Crippen molar-refractivity contribution in [3.8, 4) is 0 Å². The number of carbonyl (C=O) groups is 1. The molecule has 6 unspecified atom stereocenters. The Morgan fingerprint density at radius 2 is 1.38 bits per heavy atom. The minimum atomic E-state index is -6.43. The topological polar surface area (TPSA) is 80.7 Å². The molecule has 1 N–H and O–H groups in total. The molecule has 5 saturated carbocycles. The smallest absolute Gasteiger partial charge is 0.432 e. The van der Waals surface area contributed by atoms with Gasteiger partial charge in [-0.3, -0.25) is 9.35 Å². The van der Waals surface area contributed by atoms with Gasteiger partial charge in [-0.15, -0.1) is 0 Å². The average molecular weight is 446 g/mol. The van der Waals surface area contributed by atoms with Gasteiger partial charge in [0.05, 0.1) is 5.92 Å². The third-order valence-electron chi connectivity index (χ3n) is 7.81. The number of alkyl halides is 5. The molecule has 0 spiro atoms. The summed E-state index contributed by atoms with van der Waals surface area (Å²) in [5.74, 6) is -1.22. The number of carbonyl (C=O) groups excluding carboxylic acids is 1. The van der Waals surface area contributed by atoms with E-state index < -0.39 is 39.5 Å². The van der Waals surface area contributed by atoms with Gasteiger partial charge in [-0.05, 0) is 67.6 Å². The first-order chi connectivity index (χ1) is 13.3. The second-order valence-electron chi connectivity index (χ2n) is 9.00. The zero-order valence-corrected chi connectivity index (χ0v) is 16.3. The molecule has 0 heterocycles. The third kappa shape index (κ3) is 3.26. The Hall–Kier alpha value is -0.970. The van der Waals surface area contributed by atoms with Gasteiger partial charge < -0.3 is 4.74 Å². The molecular formula is C18H23F5O5S. The Balaban J connectivity index is 1.61. The van der Waals surface area contributed by atoms with Gasteiger partial charge in [0.2, 0.25) is 0 Å². The summed E-state index contributed by atoms with van der Waals surface area (Å²) in [5, 5.41) is -5.68. The fourth-order valence-electron chi connectivity index (χ4n) is 7.00. The van der Waals surface area contributed by atoms with Crippen molar-refractivity contribution < 1.29 is 44.5 Å². The van der Waals surface area contributed by atoms with Crippen LogP contribution < -0.4 is 0 Å². The molecule has 29 heavy (non-hydrogen) atoms. The predicted molar refractivity (Wildman–Crippen MR) is 89.2 cm³/mol. The van der Waals surface area contributed by atoms with E-state index in [1.165, 1.54) is 0 Å². The monoisotopic (exact) mass is 446 g/mol. The summed E-state index contributed by atoms with van der Waals surface area (Å²) in [6.07, 6.45) is -4.07. The molecule has 5 nitrogen and oxygen atoms in total. The van der Waals surface area contributed by atoms with Crippen molar-refractivity contribution in [2.24, 2.45) is 41.4 Å². The van der Waals surface area contributed by atoms with E-state index in [2.05, 4.69) is 4.74 Å². The summed E-state index contributed by atoms with van der Waals surface area (Å²) >= 11 is 0. The summed E-state index contributed by atoms with van der Waals surface area (Å²) in [4.78, 5) is 12.7. The highest BCUT2D eigenvalue weighted by Gasteiger charge is 2.67. The van der Waals surface area contributed by atoms with Crippen molar-refractivity contribution in [2.45, 2.75) is 62.5 Å². The molecule has 0 aromatic carbocycles. The van der Waals surface area contributed by atoms with Crippen LogP contribution in [0.2, 0.25) is 0 Å². The van der Waals surface area contributed by atoms with Crippen LogP contribution in [0.15, 0.2) is 0 Å². The Bertz CT molecular complexity index is 760. The van der Waals surface area contributed by atoms with Crippen LogP contribution in [-0.2, 0) is 19.6 Å². The standard InChI is InChI=1S/C18H23F5O5S/c19-17(20,21)16(18(22,23)29(25,26)27)28-15(24)13-7-12-8-3-1-5-10(8)14(13)11-6-2-4-9(11)12/h8-14,16H,1-7H2,(H,25,26,27). The molecule has 0 saturated heterocycles. The molecule has 0 aromatic rings. The summed E-state index contributed by atoms with van der Waals surface area (Å²) in [6.45, 7) is 0. The van der Waals surface area contributed by atoms with E-state index in [9.17, 15) is 35.2 Å². The Morgan fingerprint density at radius 3 is 1.83 bits per heavy atom. The van der Waals surface area contributed by atoms with Crippen molar-refractivity contribution >= 4 is 16.1 Å². The zero-order chi connectivity index (χ0) is 21.4. The summed E-state index contributed by atoms with van der Waals surface area (Å²) in [6, 6.07) is 0. The molecule has 0 amide bonds. The van der Waals surface area contributed by atoms with E-state index >= 15 is 0 Å². The third-order valence-corrected chi connectivity index (χ3v) is 8.71. The largest absolute Gasteiger partial charge is 0.444 e. The molecule has 5 aliphatic carbocycles. The highest BCUT2D eigenvalue weighted by Crippen LogP contribution is 2.66. The fraction of sp³-hybridized carbons (Fsp3) is 0.944. The highest BCUT2D eigenvalue weighted by molar-refractivity contribution is 7.86. The number of ether oxygens (including phenoxy) is 1. The summed E-state index contributed by atoms with van der Waals surface area (Å²) < 4.78 is 101. The molecular weight excluding hydrogens is 423 g/mol. The second-order valence-corrected chi connectivity index (χ2v) is 10.5. The molecule has 166 valence electrons. The number of hydrogen-bond acceptors (Lipinski definition) is 4. The molecule has 5 fully saturated rings. The molecule has 0 radical (unpaired) electrons. The first-order valence-electron chi connectivity index (χ1n) is 9.96. The first-order valence-corrected chi connectivity index (χ1v) is 11.4. The molecule has 0 aliphatic heterocycles. The lowest BCUT2D eigenvalue weighted by Gasteiger charge is -2.56. The van der Waals surface area contributed by atoms with Crippen molar-refractivity contribution in [1.29, 1.82) is 0 Å². The lowest BCUT2D eigenvalue weighted by Crippen LogP contribution is -2.56. The minimum Gasteiger partial charge on any atom is -0.444 e. The summed E-state index contributed by atoms with van der Waals surface area (Å²) in [7, 11) is -6.43. The molecule has 11 heteroatoms. The first kappa shape index (κ1) is 21.3. The van der Waals surface area contributed by atoms with Gasteiger partial charge in [0, 0.05) is 0 Å². The van der Waals surface area contributed by atoms with Crippen molar-refractivity contribution in [3.63, 3.8) is 0 Å². The second kappa shape index (κ2) is 6.77. The fourth-order valence-corrected chi connectivity index (χ4v) is 7.46. The van der Waals surface area contributed by atoms with E-state index in [4.69, 9.17) is 4.55 Å². The molecule has 5 aliphatic rings. The lowest BCUT2D eigenvalue weighted by molar-refractivity contribution is -0.263. The van der Waals surface area contributed by atoms with E-state index in [1.807, 2.05) is 0 Å². The normalized spacial score (nSPS) is 40.4. The van der Waals surface area contributed by atoms with Gasteiger partial charge >= 0.3 is 27.5 Å². The Labute approximate surface area is 165 Å². The van der Waals surface area contributed by atoms with Gasteiger partial charge in [-0.25, -0.2) is 0 Å². The predicted octanol–water partition coefficient (Wildman–Crippen LogP) is 4.04. The van der Waals surface area contributed by atoms with Crippen LogP contribution in [0.4, 0.5) is 22.0 Å². The quantitative estimate of drug-likeness (QED) is 0.401. The van der Waals surface area contributed by atoms with E-state index in [0.29, 0.717) is 18.3 Å². The van der Waals surface area contributed by atoms with Crippen LogP contribution in [0.25, 0.3) is 0 Å². The van der Waals surface area contributed by atoms with Gasteiger partial charge in [0.15, 0.2) is 0 Å². The van der Waals surface area contributed by atoms with Gasteiger partial charge in [0.25, 0.3) is 6.10 Å². The maximum atomic E-state index is 13.8. The molecule has 2 bridgehead atoms. The average Bonchev–Trinajstić information content (AvgIpc) is 3.26. The van der Waals surface area contributed by atoms with Gasteiger partial charge in [-0.2, -0.15) is 30.4 Å². The van der Waals surface area contributed by atoms with Crippen molar-refractivity contribution in [3.05, 3.63) is 0 Å². The zero-order valence-electron chi connectivity index (χ0n) is 15.4. The van der Waals surface area contributed by atoms with Crippen LogP contribution in [0.5, 0.6) is 0 Å². The van der Waals surface area contributed by atoms with Crippen LogP contribution in [0.1, 0.15) is 44.9 Å².